The highest BCUT2D eigenvalue weighted by atomic mass is 16.2. The molecule has 1 saturated heterocycles. The molecule has 4 heterocycles. The van der Waals surface area contributed by atoms with E-state index in [0.717, 1.165) is 5.56 Å². The molecule has 1 fully saturated rings. The molecule has 0 bridgehead atoms. The minimum atomic E-state index is -0.127. The number of piperidine rings is 1. The number of pyridine rings is 2. The Morgan fingerprint density at radius 3 is 2.72 bits per heavy atom. The minimum Gasteiger partial charge on any atom is -0.352 e. The molecule has 0 unspecified atom stereocenters. The van der Waals surface area contributed by atoms with E-state index in [4.69, 9.17) is 0 Å². The SMILES string of the molecule is CCn1c(=O)c(N2CCC(C(=O)NCc3cccnc3)CC2)nc2cccnc21. The van der Waals surface area contributed by atoms with E-state index >= 15 is 0 Å². The molecule has 8 heteroatoms. The highest BCUT2D eigenvalue weighted by Gasteiger charge is 2.27. The molecule has 3 aromatic rings. The summed E-state index contributed by atoms with van der Waals surface area (Å²) in [7, 11) is 0. The first-order valence-corrected chi connectivity index (χ1v) is 9.94. The molecule has 4 rings (SSSR count). The molecule has 3 aromatic heterocycles. The van der Waals surface area contributed by atoms with Crippen LogP contribution >= 0.6 is 0 Å². The fraction of sp³-hybridized carbons (Fsp3) is 0.381. The normalized spacial score (nSPS) is 14.9. The zero-order valence-corrected chi connectivity index (χ0v) is 16.4. The number of carbonyl (C=O) groups excluding carboxylic acids is 1. The van der Waals surface area contributed by atoms with E-state index in [1.807, 2.05) is 36.1 Å². The predicted molar refractivity (Wildman–Crippen MR) is 110 cm³/mol. The maximum atomic E-state index is 12.9. The van der Waals surface area contributed by atoms with Gasteiger partial charge in [-0.05, 0) is 43.5 Å². The first-order valence-electron chi connectivity index (χ1n) is 9.94. The number of rotatable bonds is 5. The molecule has 0 aromatic carbocycles. The fourth-order valence-electron chi connectivity index (χ4n) is 3.75. The van der Waals surface area contributed by atoms with Crippen molar-refractivity contribution in [3.63, 3.8) is 0 Å². The maximum Gasteiger partial charge on any atom is 0.295 e. The van der Waals surface area contributed by atoms with E-state index in [0.29, 0.717) is 56.0 Å². The number of aromatic nitrogens is 4. The third-order valence-corrected chi connectivity index (χ3v) is 5.36. The van der Waals surface area contributed by atoms with E-state index in [1.165, 1.54) is 0 Å². The lowest BCUT2D eigenvalue weighted by Crippen LogP contribution is -2.43. The number of amides is 1. The van der Waals surface area contributed by atoms with Crippen LogP contribution in [0, 0.1) is 5.92 Å². The number of nitrogens with one attached hydrogen (secondary N) is 1. The van der Waals surface area contributed by atoms with Crippen LogP contribution < -0.4 is 15.8 Å². The number of aryl methyl sites for hydroxylation is 1. The van der Waals surface area contributed by atoms with E-state index in [-0.39, 0.29) is 17.4 Å². The van der Waals surface area contributed by atoms with Gasteiger partial charge in [-0.15, -0.1) is 0 Å². The van der Waals surface area contributed by atoms with E-state index in [9.17, 15) is 9.59 Å². The Balaban J connectivity index is 1.44. The van der Waals surface area contributed by atoms with Crippen molar-refractivity contribution < 1.29 is 4.79 Å². The van der Waals surface area contributed by atoms with Crippen LogP contribution in [0.5, 0.6) is 0 Å². The second-order valence-corrected chi connectivity index (χ2v) is 7.17. The summed E-state index contributed by atoms with van der Waals surface area (Å²) in [6.07, 6.45) is 6.52. The maximum absolute atomic E-state index is 12.9. The van der Waals surface area contributed by atoms with Gasteiger partial charge in [0.2, 0.25) is 5.91 Å². The summed E-state index contributed by atoms with van der Waals surface area (Å²) < 4.78 is 1.66. The van der Waals surface area contributed by atoms with Crippen LogP contribution in [0.15, 0.2) is 47.7 Å². The third kappa shape index (κ3) is 3.96. The van der Waals surface area contributed by atoms with Crippen molar-refractivity contribution >= 4 is 22.9 Å². The summed E-state index contributed by atoms with van der Waals surface area (Å²) in [5, 5.41) is 2.99. The molecule has 150 valence electrons. The number of fused-ring (bicyclic) bond motifs is 1. The van der Waals surface area contributed by atoms with E-state index in [2.05, 4.69) is 20.3 Å². The van der Waals surface area contributed by atoms with Gasteiger partial charge in [-0.25, -0.2) is 9.97 Å². The minimum absolute atomic E-state index is 0.0511. The van der Waals surface area contributed by atoms with Crippen molar-refractivity contribution in [2.24, 2.45) is 5.92 Å². The number of hydrogen-bond acceptors (Lipinski definition) is 6. The molecule has 0 saturated carbocycles. The Morgan fingerprint density at radius 2 is 2.00 bits per heavy atom. The Hall–Kier alpha value is -3.29. The number of nitrogens with zero attached hydrogens (tertiary/aromatic N) is 5. The fourth-order valence-corrected chi connectivity index (χ4v) is 3.75. The van der Waals surface area contributed by atoms with Gasteiger partial charge in [-0.1, -0.05) is 6.07 Å². The van der Waals surface area contributed by atoms with Crippen molar-refractivity contribution in [3.8, 4) is 0 Å². The van der Waals surface area contributed by atoms with Crippen molar-refractivity contribution in [1.29, 1.82) is 0 Å². The Kier molecular flexibility index (Phi) is 5.50. The van der Waals surface area contributed by atoms with Crippen molar-refractivity contribution in [3.05, 3.63) is 58.8 Å². The molecule has 8 nitrogen and oxygen atoms in total. The van der Waals surface area contributed by atoms with Gasteiger partial charge in [0.25, 0.3) is 5.56 Å². The zero-order valence-electron chi connectivity index (χ0n) is 16.4. The topological polar surface area (TPSA) is 93.0 Å². The average Bonchev–Trinajstić information content (AvgIpc) is 2.78. The van der Waals surface area contributed by atoms with Gasteiger partial charge < -0.3 is 10.2 Å². The van der Waals surface area contributed by atoms with Crippen molar-refractivity contribution in [1.82, 2.24) is 24.8 Å². The smallest absolute Gasteiger partial charge is 0.295 e. The summed E-state index contributed by atoms with van der Waals surface area (Å²) in [6, 6.07) is 7.49. The Bertz CT molecular complexity index is 1060. The summed E-state index contributed by atoms with van der Waals surface area (Å²) in [4.78, 5) is 40.4. The van der Waals surface area contributed by atoms with Gasteiger partial charge >= 0.3 is 0 Å². The van der Waals surface area contributed by atoms with Crippen LogP contribution in [0.4, 0.5) is 5.82 Å². The summed E-state index contributed by atoms with van der Waals surface area (Å²) in [5.41, 5.74) is 2.17. The largest absolute Gasteiger partial charge is 0.352 e. The molecule has 1 amide bonds. The first-order chi connectivity index (χ1) is 14.2. The predicted octanol–water partition coefficient (Wildman–Crippen LogP) is 1.74. The van der Waals surface area contributed by atoms with Crippen LogP contribution in [0.3, 0.4) is 0 Å². The molecule has 0 aliphatic carbocycles. The number of carbonyl (C=O) groups is 1. The summed E-state index contributed by atoms with van der Waals surface area (Å²) in [5.74, 6) is 0.440. The van der Waals surface area contributed by atoms with Gasteiger partial charge in [0.15, 0.2) is 11.5 Å². The summed E-state index contributed by atoms with van der Waals surface area (Å²) in [6.45, 7) is 4.20. The lowest BCUT2D eigenvalue weighted by Gasteiger charge is -2.32. The zero-order chi connectivity index (χ0) is 20.2. The molecule has 0 spiro atoms. The van der Waals surface area contributed by atoms with Crippen LogP contribution in [-0.2, 0) is 17.9 Å². The first kappa shape index (κ1) is 19.0. The highest BCUT2D eigenvalue weighted by molar-refractivity contribution is 5.79. The third-order valence-electron chi connectivity index (χ3n) is 5.36. The molecule has 29 heavy (non-hydrogen) atoms. The lowest BCUT2D eigenvalue weighted by atomic mass is 9.96. The number of hydrogen-bond donors (Lipinski definition) is 1. The average molecular weight is 392 g/mol. The standard InChI is InChI=1S/C21H24N6O2/c1-2-27-18-17(6-4-10-23-18)25-19(21(27)29)26-11-7-16(8-12-26)20(28)24-14-15-5-3-9-22-13-15/h3-6,9-10,13,16H,2,7-8,11-12,14H2,1H3,(H,24,28). The van der Waals surface area contributed by atoms with Crippen molar-refractivity contribution in [2.75, 3.05) is 18.0 Å². The Labute approximate surface area is 168 Å². The van der Waals surface area contributed by atoms with Crippen LogP contribution in [0.1, 0.15) is 25.3 Å². The molecular formula is C21H24N6O2. The van der Waals surface area contributed by atoms with Gasteiger partial charge in [-0.3, -0.25) is 19.1 Å². The molecule has 1 aliphatic rings. The molecule has 1 N–H and O–H groups in total. The Morgan fingerprint density at radius 1 is 1.21 bits per heavy atom. The lowest BCUT2D eigenvalue weighted by molar-refractivity contribution is -0.125. The second-order valence-electron chi connectivity index (χ2n) is 7.17. The van der Waals surface area contributed by atoms with Gasteiger partial charge in [0.05, 0.1) is 0 Å². The van der Waals surface area contributed by atoms with Gasteiger partial charge in [0, 0.05) is 50.7 Å². The monoisotopic (exact) mass is 392 g/mol. The van der Waals surface area contributed by atoms with Crippen LogP contribution in [-0.4, -0.2) is 38.5 Å². The molecular weight excluding hydrogens is 368 g/mol. The van der Waals surface area contributed by atoms with Crippen LogP contribution in [0.25, 0.3) is 11.2 Å². The molecule has 1 aliphatic heterocycles. The highest BCUT2D eigenvalue weighted by Crippen LogP contribution is 2.21. The van der Waals surface area contributed by atoms with Gasteiger partial charge in [-0.2, -0.15) is 0 Å². The second kappa shape index (κ2) is 8.38. The molecule has 0 atom stereocenters. The quantitative estimate of drug-likeness (QED) is 0.711. The molecule has 0 radical (unpaired) electrons. The summed E-state index contributed by atoms with van der Waals surface area (Å²) >= 11 is 0. The van der Waals surface area contributed by atoms with Crippen molar-refractivity contribution in [2.45, 2.75) is 32.9 Å². The van der Waals surface area contributed by atoms with E-state index in [1.54, 1.807) is 23.2 Å². The van der Waals surface area contributed by atoms with Crippen LogP contribution in [0.2, 0.25) is 0 Å². The number of anilines is 1. The van der Waals surface area contributed by atoms with E-state index < -0.39 is 0 Å². The van der Waals surface area contributed by atoms with Gasteiger partial charge in [0.1, 0.15) is 5.52 Å².